The van der Waals surface area contributed by atoms with Crippen LogP contribution in [-0.4, -0.2) is 21.3 Å². The van der Waals surface area contributed by atoms with Gasteiger partial charge in [0.25, 0.3) is 0 Å². The summed E-state index contributed by atoms with van der Waals surface area (Å²) in [5.74, 6) is -3.12. The smallest absolute Gasteiger partial charge is 0.248 e. The van der Waals surface area contributed by atoms with Crippen molar-refractivity contribution < 1.29 is 13.3 Å². The highest BCUT2D eigenvalue weighted by Crippen LogP contribution is 2.38. The summed E-state index contributed by atoms with van der Waals surface area (Å²) in [4.78, 5) is 0. The minimum absolute atomic E-state index is 0.107. The van der Waals surface area contributed by atoms with Crippen molar-refractivity contribution in [3.63, 3.8) is 0 Å². The molecule has 0 amide bonds. The number of rotatable bonds is 3. The van der Waals surface area contributed by atoms with Crippen LogP contribution in [0.25, 0.3) is 0 Å². The number of nitrogens with zero attached hydrogens (tertiary/aromatic N) is 1. The second-order valence-electron chi connectivity index (χ2n) is 5.82. The predicted molar refractivity (Wildman–Crippen MR) is 67.3 cm³/mol. The average molecular weight is 278 g/mol. The van der Waals surface area contributed by atoms with Crippen LogP contribution in [0.1, 0.15) is 46.5 Å². The Morgan fingerprint density at radius 2 is 2.11 bits per heavy atom. The van der Waals surface area contributed by atoms with E-state index in [-0.39, 0.29) is 12.8 Å². The Labute approximate surface area is 110 Å². The highest BCUT2D eigenvalue weighted by molar-refractivity contribution is 7.90. The second-order valence-corrected chi connectivity index (χ2v) is 7.82. The van der Waals surface area contributed by atoms with Gasteiger partial charge in [-0.25, -0.2) is 8.78 Å². The molecule has 6 heteroatoms. The number of nitriles is 1. The van der Waals surface area contributed by atoms with Gasteiger partial charge >= 0.3 is 0 Å². The average Bonchev–Trinajstić information content (AvgIpc) is 2.22. The zero-order chi connectivity index (χ0) is 14.0. The van der Waals surface area contributed by atoms with Gasteiger partial charge in [-0.2, -0.15) is 5.26 Å². The molecule has 1 rings (SSSR count). The topological polar surface area (TPSA) is 58.9 Å². The van der Waals surface area contributed by atoms with Crippen LogP contribution in [0.2, 0.25) is 0 Å². The van der Waals surface area contributed by atoms with Crippen LogP contribution < -0.4 is 4.72 Å². The van der Waals surface area contributed by atoms with Gasteiger partial charge in [-0.05, 0) is 39.5 Å². The van der Waals surface area contributed by atoms with E-state index in [1.165, 1.54) is 0 Å². The van der Waals surface area contributed by atoms with Crippen molar-refractivity contribution in [3.05, 3.63) is 0 Å². The van der Waals surface area contributed by atoms with Gasteiger partial charge in [0.2, 0.25) is 5.92 Å². The fourth-order valence-corrected chi connectivity index (χ4v) is 2.84. The van der Waals surface area contributed by atoms with Crippen LogP contribution in [-0.2, 0) is 11.4 Å². The number of hydrogen-bond acceptors (Lipinski definition) is 3. The monoisotopic (exact) mass is 278 g/mol. The molecule has 3 atom stereocenters. The molecular weight excluding hydrogens is 258 g/mol. The van der Waals surface area contributed by atoms with Gasteiger partial charge in [0, 0.05) is 24.2 Å². The number of nitrogens with one attached hydrogen (secondary N) is 1. The molecule has 0 radical (unpaired) electrons. The highest BCUT2D eigenvalue weighted by Gasteiger charge is 2.41. The normalized spacial score (nSPS) is 27.3. The summed E-state index contributed by atoms with van der Waals surface area (Å²) < 4.78 is 40.7. The zero-order valence-corrected chi connectivity index (χ0v) is 11.8. The van der Waals surface area contributed by atoms with Gasteiger partial charge in [0.15, 0.2) is 0 Å². The Morgan fingerprint density at radius 1 is 1.50 bits per heavy atom. The van der Waals surface area contributed by atoms with Crippen molar-refractivity contribution in [2.45, 2.75) is 63.2 Å². The van der Waals surface area contributed by atoms with Crippen molar-refractivity contribution in [1.29, 1.82) is 5.26 Å². The lowest BCUT2D eigenvalue weighted by atomic mass is 9.82. The molecular formula is C12H20F2N2OS. The third kappa shape index (κ3) is 4.38. The summed E-state index contributed by atoms with van der Waals surface area (Å²) in [5.41, 5.74) is 0. The molecule has 18 heavy (non-hydrogen) atoms. The van der Waals surface area contributed by atoms with Crippen LogP contribution in [0.3, 0.4) is 0 Å². The quantitative estimate of drug-likeness (QED) is 0.808. The summed E-state index contributed by atoms with van der Waals surface area (Å²) in [6.45, 7) is 5.33. The van der Waals surface area contributed by atoms with Crippen LogP contribution in [0.4, 0.5) is 8.78 Å². The molecule has 0 aromatic heterocycles. The molecule has 1 saturated carbocycles. The standard InChI is InChI=1S/C12H20F2N2OS/c1-11(2,3)18(17)16-10(8-15)9-5-4-6-12(13,14)7-9/h9-10,16H,4-7H2,1-3H3/t9?,10?,18-/m0/s1. The Morgan fingerprint density at radius 3 is 2.56 bits per heavy atom. The first-order valence-corrected chi connectivity index (χ1v) is 7.26. The minimum Gasteiger partial charge on any atom is -0.598 e. The Hall–Kier alpha value is -0.380. The van der Waals surface area contributed by atoms with E-state index >= 15 is 0 Å². The van der Waals surface area contributed by atoms with Gasteiger partial charge in [-0.15, -0.1) is 4.72 Å². The SMILES string of the molecule is CC(C)(C)[S@+]([O-])NC(C#N)C1CCCC(F)(F)C1. The van der Waals surface area contributed by atoms with Gasteiger partial charge in [0.05, 0.1) is 6.07 Å². The molecule has 3 nitrogen and oxygen atoms in total. The van der Waals surface area contributed by atoms with Crippen LogP contribution >= 0.6 is 0 Å². The Balaban J connectivity index is 2.64. The van der Waals surface area contributed by atoms with Crippen LogP contribution in [0.5, 0.6) is 0 Å². The molecule has 0 bridgehead atoms. The molecule has 0 aromatic carbocycles. The molecule has 1 N–H and O–H groups in total. The maximum atomic E-state index is 13.3. The first-order valence-electron chi connectivity index (χ1n) is 6.11. The molecule has 104 valence electrons. The largest absolute Gasteiger partial charge is 0.598 e. The summed E-state index contributed by atoms with van der Waals surface area (Å²) >= 11 is -1.41. The molecule has 1 fully saturated rings. The van der Waals surface area contributed by atoms with Crippen molar-refractivity contribution in [1.82, 2.24) is 4.72 Å². The predicted octanol–water partition coefficient (Wildman–Crippen LogP) is 2.76. The third-order valence-electron chi connectivity index (χ3n) is 3.08. The van der Waals surface area contributed by atoms with Gasteiger partial charge in [-0.3, -0.25) is 0 Å². The maximum Gasteiger partial charge on any atom is 0.248 e. The summed E-state index contributed by atoms with van der Waals surface area (Å²) in [7, 11) is 0. The van der Waals surface area contributed by atoms with Crippen molar-refractivity contribution in [2.75, 3.05) is 0 Å². The van der Waals surface area contributed by atoms with E-state index in [9.17, 15) is 13.3 Å². The van der Waals surface area contributed by atoms with E-state index in [0.717, 1.165) is 0 Å². The second kappa shape index (κ2) is 5.72. The van der Waals surface area contributed by atoms with Crippen LogP contribution in [0, 0.1) is 17.2 Å². The van der Waals surface area contributed by atoms with E-state index in [1.807, 2.05) is 6.07 Å². The maximum absolute atomic E-state index is 13.3. The summed E-state index contributed by atoms with van der Waals surface area (Å²) in [6, 6.07) is 1.21. The van der Waals surface area contributed by atoms with E-state index in [2.05, 4.69) is 4.72 Å². The minimum atomic E-state index is -2.69. The molecule has 1 aliphatic rings. The Bertz CT molecular complexity index is 325. The number of hydrogen-bond donors (Lipinski definition) is 1. The molecule has 2 unspecified atom stereocenters. The number of halogens is 2. The molecule has 0 heterocycles. The lowest BCUT2D eigenvalue weighted by molar-refractivity contribution is -0.0544. The summed E-state index contributed by atoms with van der Waals surface area (Å²) in [5, 5.41) is 9.07. The molecule has 0 saturated heterocycles. The lowest BCUT2D eigenvalue weighted by Gasteiger charge is -2.33. The van der Waals surface area contributed by atoms with Crippen molar-refractivity contribution in [3.8, 4) is 6.07 Å². The molecule has 0 aliphatic heterocycles. The molecule has 1 aliphatic carbocycles. The third-order valence-corrected chi connectivity index (χ3v) is 4.66. The van der Waals surface area contributed by atoms with E-state index in [0.29, 0.717) is 12.8 Å². The van der Waals surface area contributed by atoms with Gasteiger partial charge in [0.1, 0.15) is 10.8 Å². The van der Waals surface area contributed by atoms with Gasteiger partial charge in [-0.1, -0.05) is 0 Å². The van der Waals surface area contributed by atoms with Crippen molar-refractivity contribution in [2.24, 2.45) is 5.92 Å². The first kappa shape index (κ1) is 15.7. The highest BCUT2D eigenvalue weighted by atomic mass is 32.2. The number of alkyl halides is 2. The Kier molecular flexibility index (Phi) is 4.98. The van der Waals surface area contributed by atoms with E-state index in [1.54, 1.807) is 20.8 Å². The van der Waals surface area contributed by atoms with Gasteiger partial charge < -0.3 is 4.55 Å². The molecule has 0 spiro atoms. The van der Waals surface area contributed by atoms with Crippen LogP contribution in [0.15, 0.2) is 0 Å². The van der Waals surface area contributed by atoms with E-state index < -0.39 is 34.0 Å². The zero-order valence-electron chi connectivity index (χ0n) is 11.0. The summed E-state index contributed by atoms with van der Waals surface area (Å²) in [6.07, 6.45) is 0.603. The lowest BCUT2D eigenvalue weighted by Crippen LogP contribution is -2.48. The molecule has 0 aromatic rings. The first-order chi connectivity index (χ1) is 8.15. The fourth-order valence-electron chi connectivity index (χ4n) is 2.02. The van der Waals surface area contributed by atoms with Crippen molar-refractivity contribution >= 4 is 11.4 Å². The van der Waals surface area contributed by atoms with E-state index in [4.69, 9.17) is 5.26 Å². The fraction of sp³-hybridized carbons (Fsp3) is 0.917.